The molecule has 0 saturated heterocycles. The standard InChI is InChI=1S/C27H22O3S/c1-29-26-19(12-14-21(28)27(26)30-2)16-18-13-15-23-25(20-10-6-7-11-22(20)31-23)24(18)17-8-4-3-5-9-17/h3-15,28H,16H2,1-2H3. The highest BCUT2D eigenvalue weighted by Gasteiger charge is 2.19. The third kappa shape index (κ3) is 3.29. The summed E-state index contributed by atoms with van der Waals surface area (Å²) < 4.78 is 13.6. The van der Waals surface area contributed by atoms with Crippen LogP contribution in [-0.2, 0) is 6.42 Å². The number of aromatic hydroxyl groups is 1. The van der Waals surface area contributed by atoms with Gasteiger partial charge in [0.15, 0.2) is 11.5 Å². The van der Waals surface area contributed by atoms with Gasteiger partial charge in [0, 0.05) is 32.2 Å². The summed E-state index contributed by atoms with van der Waals surface area (Å²) in [5.74, 6) is 1.01. The fourth-order valence-corrected chi connectivity index (χ4v) is 5.41. The van der Waals surface area contributed by atoms with Gasteiger partial charge in [-0.25, -0.2) is 0 Å². The average Bonchev–Trinajstić information content (AvgIpc) is 3.19. The van der Waals surface area contributed by atoms with Gasteiger partial charge < -0.3 is 14.6 Å². The first-order chi connectivity index (χ1) is 15.2. The lowest BCUT2D eigenvalue weighted by molar-refractivity contribution is 0.331. The van der Waals surface area contributed by atoms with Gasteiger partial charge in [0.2, 0.25) is 5.75 Å². The minimum atomic E-state index is 0.0747. The molecule has 1 N–H and O–H groups in total. The Morgan fingerprint density at radius 1 is 0.710 bits per heavy atom. The molecule has 0 radical (unpaired) electrons. The van der Waals surface area contributed by atoms with Gasteiger partial charge in [0.25, 0.3) is 0 Å². The zero-order valence-corrected chi connectivity index (χ0v) is 18.2. The van der Waals surface area contributed by atoms with E-state index < -0.39 is 0 Å². The predicted octanol–water partition coefficient (Wildman–Crippen LogP) is 7.04. The smallest absolute Gasteiger partial charge is 0.203 e. The quantitative estimate of drug-likeness (QED) is 0.328. The minimum absolute atomic E-state index is 0.0747. The Morgan fingerprint density at radius 3 is 2.19 bits per heavy atom. The minimum Gasteiger partial charge on any atom is -0.504 e. The lowest BCUT2D eigenvalue weighted by Crippen LogP contribution is -1.99. The van der Waals surface area contributed by atoms with Crippen LogP contribution in [0.4, 0.5) is 0 Å². The summed E-state index contributed by atoms with van der Waals surface area (Å²) >= 11 is 1.82. The first-order valence-electron chi connectivity index (χ1n) is 10.1. The summed E-state index contributed by atoms with van der Waals surface area (Å²) in [4.78, 5) is 0. The summed E-state index contributed by atoms with van der Waals surface area (Å²) in [7, 11) is 3.15. The number of phenolic OH excluding ortho intramolecular Hbond substituents is 1. The molecule has 154 valence electrons. The monoisotopic (exact) mass is 426 g/mol. The van der Waals surface area contributed by atoms with Gasteiger partial charge in [-0.2, -0.15) is 0 Å². The van der Waals surface area contributed by atoms with Gasteiger partial charge in [0.05, 0.1) is 14.2 Å². The van der Waals surface area contributed by atoms with Crippen LogP contribution in [0.15, 0.2) is 78.9 Å². The van der Waals surface area contributed by atoms with Crippen molar-refractivity contribution in [3.63, 3.8) is 0 Å². The molecule has 0 aliphatic rings. The molecule has 3 nitrogen and oxygen atoms in total. The number of hydrogen-bond donors (Lipinski definition) is 1. The lowest BCUT2D eigenvalue weighted by atomic mass is 9.91. The molecule has 4 aromatic carbocycles. The Hall–Kier alpha value is -3.50. The molecule has 5 aromatic rings. The Labute approximate surface area is 185 Å². The Bertz CT molecular complexity index is 1390. The van der Waals surface area contributed by atoms with E-state index in [2.05, 4.69) is 60.7 Å². The van der Waals surface area contributed by atoms with Crippen LogP contribution in [0.3, 0.4) is 0 Å². The number of thiophene rings is 1. The summed E-state index contributed by atoms with van der Waals surface area (Å²) in [6, 6.07) is 27.1. The van der Waals surface area contributed by atoms with Gasteiger partial charge in [-0.1, -0.05) is 60.7 Å². The fourth-order valence-electron chi connectivity index (χ4n) is 4.30. The van der Waals surface area contributed by atoms with E-state index in [1.54, 1.807) is 20.3 Å². The molecule has 4 heteroatoms. The van der Waals surface area contributed by atoms with Gasteiger partial charge in [0.1, 0.15) is 0 Å². The summed E-state index contributed by atoms with van der Waals surface area (Å²) in [5.41, 5.74) is 4.60. The third-order valence-corrected chi connectivity index (χ3v) is 6.79. The predicted molar refractivity (Wildman–Crippen MR) is 129 cm³/mol. The molecular weight excluding hydrogens is 404 g/mol. The fraction of sp³-hybridized carbons (Fsp3) is 0.111. The van der Waals surface area contributed by atoms with Crippen molar-refractivity contribution in [1.82, 2.24) is 0 Å². The van der Waals surface area contributed by atoms with Crippen LogP contribution in [0.2, 0.25) is 0 Å². The lowest BCUT2D eigenvalue weighted by Gasteiger charge is -2.17. The van der Waals surface area contributed by atoms with E-state index >= 15 is 0 Å². The molecule has 0 aliphatic heterocycles. The van der Waals surface area contributed by atoms with Crippen LogP contribution < -0.4 is 9.47 Å². The highest BCUT2D eigenvalue weighted by Crippen LogP contribution is 2.44. The van der Waals surface area contributed by atoms with Crippen LogP contribution in [0, 0.1) is 0 Å². The van der Waals surface area contributed by atoms with Crippen LogP contribution >= 0.6 is 11.3 Å². The Balaban J connectivity index is 1.78. The molecule has 0 fully saturated rings. The number of phenols is 1. The van der Waals surface area contributed by atoms with E-state index in [9.17, 15) is 5.11 Å². The van der Waals surface area contributed by atoms with Crippen molar-refractivity contribution in [2.45, 2.75) is 6.42 Å². The summed E-state index contributed by atoms with van der Waals surface area (Å²) in [5, 5.41) is 12.7. The zero-order chi connectivity index (χ0) is 21.4. The molecule has 0 saturated carbocycles. The molecule has 0 atom stereocenters. The van der Waals surface area contributed by atoms with E-state index in [-0.39, 0.29) is 5.75 Å². The second kappa shape index (κ2) is 7.97. The van der Waals surface area contributed by atoms with E-state index in [0.717, 1.165) is 5.56 Å². The van der Waals surface area contributed by atoms with Crippen molar-refractivity contribution in [1.29, 1.82) is 0 Å². The highest BCUT2D eigenvalue weighted by atomic mass is 32.1. The zero-order valence-electron chi connectivity index (χ0n) is 17.4. The molecule has 0 spiro atoms. The largest absolute Gasteiger partial charge is 0.504 e. The van der Waals surface area contributed by atoms with Gasteiger partial charge in [-0.05, 0) is 34.9 Å². The average molecular weight is 427 g/mol. The highest BCUT2D eigenvalue weighted by molar-refractivity contribution is 7.25. The van der Waals surface area contributed by atoms with Crippen LogP contribution in [-0.4, -0.2) is 19.3 Å². The number of methoxy groups -OCH3 is 2. The van der Waals surface area contributed by atoms with E-state index in [1.807, 2.05) is 23.5 Å². The second-order valence-corrected chi connectivity index (χ2v) is 8.51. The number of rotatable bonds is 5. The third-order valence-electron chi connectivity index (χ3n) is 5.65. The summed E-state index contributed by atoms with van der Waals surface area (Å²) in [6.07, 6.45) is 0.657. The van der Waals surface area contributed by atoms with Crippen LogP contribution in [0.1, 0.15) is 11.1 Å². The number of benzene rings is 4. The van der Waals surface area contributed by atoms with Crippen molar-refractivity contribution in [2.24, 2.45) is 0 Å². The molecule has 31 heavy (non-hydrogen) atoms. The number of ether oxygens (including phenoxy) is 2. The molecular formula is C27H22O3S. The molecule has 0 aliphatic carbocycles. The van der Waals surface area contributed by atoms with Crippen molar-refractivity contribution < 1.29 is 14.6 Å². The molecule has 1 aromatic heterocycles. The number of fused-ring (bicyclic) bond motifs is 3. The molecule has 0 amide bonds. The first kappa shape index (κ1) is 19.5. The maximum Gasteiger partial charge on any atom is 0.203 e. The normalized spacial score (nSPS) is 11.2. The van der Waals surface area contributed by atoms with Crippen LogP contribution in [0.25, 0.3) is 31.3 Å². The van der Waals surface area contributed by atoms with Crippen LogP contribution in [0.5, 0.6) is 17.2 Å². The van der Waals surface area contributed by atoms with Crippen molar-refractivity contribution in [2.75, 3.05) is 14.2 Å². The maximum absolute atomic E-state index is 10.2. The second-order valence-electron chi connectivity index (χ2n) is 7.42. The summed E-state index contributed by atoms with van der Waals surface area (Å²) in [6.45, 7) is 0. The topological polar surface area (TPSA) is 38.7 Å². The van der Waals surface area contributed by atoms with Gasteiger partial charge in [-0.15, -0.1) is 11.3 Å². The van der Waals surface area contributed by atoms with E-state index in [1.165, 1.54) is 36.9 Å². The van der Waals surface area contributed by atoms with Gasteiger partial charge >= 0.3 is 0 Å². The van der Waals surface area contributed by atoms with E-state index in [4.69, 9.17) is 9.47 Å². The van der Waals surface area contributed by atoms with Crippen molar-refractivity contribution >= 4 is 31.5 Å². The molecule has 0 unspecified atom stereocenters. The maximum atomic E-state index is 10.2. The van der Waals surface area contributed by atoms with Gasteiger partial charge in [-0.3, -0.25) is 0 Å². The molecule has 1 heterocycles. The van der Waals surface area contributed by atoms with Crippen molar-refractivity contribution in [3.05, 3.63) is 90.0 Å². The number of hydrogen-bond acceptors (Lipinski definition) is 4. The Kier molecular flexibility index (Phi) is 5.00. The molecule has 0 bridgehead atoms. The Morgan fingerprint density at radius 2 is 1.42 bits per heavy atom. The van der Waals surface area contributed by atoms with Crippen molar-refractivity contribution in [3.8, 4) is 28.4 Å². The first-order valence-corrected chi connectivity index (χ1v) is 10.9. The SMILES string of the molecule is COc1c(O)ccc(Cc2ccc3sc4ccccc4c3c2-c2ccccc2)c1OC. The molecule has 5 rings (SSSR count). The van der Waals surface area contributed by atoms with E-state index in [0.29, 0.717) is 17.9 Å².